The summed E-state index contributed by atoms with van der Waals surface area (Å²) < 4.78 is 42.5. The maximum atomic E-state index is 12.6. The number of alkyl halides is 3. The summed E-state index contributed by atoms with van der Waals surface area (Å²) in [5.74, 6) is -0.0675. The monoisotopic (exact) mass is 287 g/mol. The minimum atomic E-state index is -4.55. The molecule has 2 N–H and O–H groups in total. The largest absolute Gasteiger partial charge is 0.479 e. The quantitative estimate of drug-likeness (QED) is 0.921. The van der Waals surface area contributed by atoms with E-state index in [-0.39, 0.29) is 15.8 Å². The van der Waals surface area contributed by atoms with Crippen LogP contribution in [0.25, 0.3) is 0 Å². The molecule has 0 amide bonds. The Labute approximate surface area is 106 Å². The van der Waals surface area contributed by atoms with Gasteiger partial charge in [-0.25, -0.2) is 0 Å². The van der Waals surface area contributed by atoms with Crippen molar-refractivity contribution >= 4 is 23.2 Å². The lowest BCUT2D eigenvalue weighted by atomic mass is 10.2. The van der Waals surface area contributed by atoms with Crippen molar-refractivity contribution in [1.82, 2.24) is 0 Å². The van der Waals surface area contributed by atoms with E-state index < -0.39 is 18.3 Å². The van der Waals surface area contributed by atoms with Gasteiger partial charge < -0.3 is 10.5 Å². The van der Waals surface area contributed by atoms with Gasteiger partial charge >= 0.3 is 6.18 Å². The van der Waals surface area contributed by atoms with Crippen molar-refractivity contribution in [1.29, 1.82) is 0 Å². The van der Waals surface area contributed by atoms with Crippen molar-refractivity contribution in [3.63, 3.8) is 0 Å². The molecule has 2 unspecified atom stereocenters. The zero-order valence-corrected chi connectivity index (χ0v) is 10.3. The van der Waals surface area contributed by atoms with E-state index in [4.69, 9.17) is 33.7 Å². The molecule has 0 radical (unpaired) electrons. The van der Waals surface area contributed by atoms with Gasteiger partial charge in [-0.2, -0.15) is 13.2 Å². The third-order valence-electron chi connectivity index (χ3n) is 1.90. The molecule has 0 aliphatic heterocycles. The maximum absolute atomic E-state index is 12.6. The van der Waals surface area contributed by atoms with Crippen LogP contribution in [0.2, 0.25) is 10.0 Å². The van der Waals surface area contributed by atoms with Gasteiger partial charge in [-0.05, 0) is 25.1 Å². The van der Waals surface area contributed by atoms with Crippen molar-refractivity contribution in [3.8, 4) is 5.75 Å². The predicted molar refractivity (Wildman–Crippen MR) is 60.6 cm³/mol. The van der Waals surface area contributed by atoms with Crippen LogP contribution in [0.5, 0.6) is 5.75 Å². The minimum absolute atomic E-state index is 0.0675. The van der Waals surface area contributed by atoms with Crippen LogP contribution in [0.4, 0.5) is 13.2 Å². The molecule has 2 atom stereocenters. The number of ether oxygens (including phenoxy) is 1. The first-order valence-electron chi connectivity index (χ1n) is 4.65. The van der Waals surface area contributed by atoms with Crippen LogP contribution >= 0.6 is 23.2 Å². The number of nitrogens with two attached hydrogens (primary N) is 1. The average Bonchev–Trinajstić information content (AvgIpc) is 2.10. The van der Waals surface area contributed by atoms with E-state index in [1.165, 1.54) is 25.1 Å². The molecule has 0 saturated heterocycles. The van der Waals surface area contributed by atoms with E-state index in [2.05, 4.69) is 0 Å². The van der Waals surface area contributed by atoms with Gasteiger partial charge in [0.1, 0.15) is 5.75 Å². The molecule has 0 aliphatic rings. The van der Waals surface area contributed by atoms with Gasteiger partial charge in [0.05, 0.1) is 0 Å². The van der Waals surface area contributed by atoms with Gasteiger partial charge in [-0.1, -0.05) is 23.2 Å². The van der Waals surface area contributed by atoms with Crippen LogP contribution in [-0.4, -0.2) is 18.3 Å². The summed E-state index contributed by atoms with van der Waals surface area (Å²) in [5.41, 5.74) is 5.24. The Kier molecular flexibility index (Phi) is 4.52. The summed E-state index contributed by atoms with van der Waals surface area (Å²) in [5, 5.41) is 0.385. The molecule has 2 nitrogen and oxygen atoms in total. The molecule has 96 valence electrons. The molecule has 1 aromatic carbocycles. The smallest absolute Gasteiger partial charge is 0.426 e. The fraction of sp³-hybridized carbons (Fsp3) is 0.400. The van der Waals surface area contributed by atoms with Gasteiger partial charge in [-0.3, -0.25) is 0 Å². The van der Waals surface area contributed by atoms with Gasteiger partial charge in [0.2, 0.25) is 6.10 Å². The molecule has 1 aromatic rings. The summed E-state index contributed by atoms with van der Waals surface area (Å²) >= 11 is 11.3. The normalized spacial score (nSPS) is 15.5. The molecule has 0 fully saturated rings. The fourth-order valence-electron chi connectivity index (χ4n) is 1.22. The van der Waals surface area contributed by atoms with E-state index >= 15 is 0 Å². The maximum Gasteiger partial charge on any atom is 0.426 e. The molecule has 7 heteroatoms. The molecule has 0 aromatic heterocycles. The standard InChI is InChI=1S/C10H10Cl2F3NO/c1-5(16)9(10(13,14)15)17-8-3-6(11)2-7(12)4-8/h2-5,9H,16H2,1H3. The Morgan fingerprint density at radius 3 is 2.00 bits per heavy atom. The minimum Gasteiger partial charge on any atom is -0.479 e. The van der Waals surface area contributed by atoms with Crippen LogP contribution in [0.15, 0.2) is 18.2 Å². The Hall–Kier alpha value is -0.650. The number of benzene rings is 1. The summed E-state index contributed by atoms with van der Waals surface area (Å²) in [6.07, 6.45) is -6.65. The molecule has 0 spiro atoms. The molecule has 1 rings (SSSR count). The van der Waals surface area contributed by atoms with Gasteiger partial charge in [-0.15, -0.1) is 0 Å². The average molecular weight is 288 g/mol. The first-order chi connectivity index (χ1) is 7.70. The number of hydrogen-bond donors (Lipinski definition) is 1. The van der Waals surface area contributed by atoms with Gasteiger partial charge in [0, 0.05) is 16.1 Å². The van der Waals surface area contributed by atoms with Crippen molar-refractivity contribution < 1.29 is 17.9 Å². The number of hydrogen-bond acceptors (Lipinski definition) is 2. The third-order valence-corrected chi connectivity index (χ3v) is 2.34. The Balaban J connectivity index is 2.94. The lowest BCUT2D eigenvalue weighted by molar-refractivity contribution is -0.199. The Morgan fingerprint density at radius 2 is 1.65 bits per heavy atom. The van der Waals surface area contributed by atoms with Crippen molar-refractivity contribution in [3.05, 3.63) is 28.2 Å². The topological polar surface area (TPSA) is 35.2 Å². The summed E-state index contributed by atoms with van der Waals surface area (Å²) in [6, 6.07) is 2.68. The highest BCUT2D eigenvalue weighted by Gasteiger charge is 2.44. The molecule has 0 bridgehead atoms. The van der Waals surface area contributed by atoms with Crippen molar-refractivity contribution in [2.24, 2.45) is 5.73 Å². The highest BCUT2D eigenvalue weighted by atomic mass is 35.5. The predicted octanol–water partition coefficient (Wildman–Crippen LogP) is 3.65. The Morgan fingerprint density at radius 1 is 1.18 bits per heavy atom. The zero-order valence-electron chi connectivity index (χ0n) is 8.76. The van der Waals surface area contributed by atoms with Crippen LogP contribution in [-0.2, 0) is 0 Å². The van der Waals surface area contributed by atoms with E-state index in [1.54, 1.807) is 0 Å². The van der Waals surface area contributed by atoms with Gasteiger partial charge in [0.15, 0.2) is 0 Å². The van der Waals surface area contributed by atoms with Crippen LogP contribution < -0.4 is 10.5 Å². The van der Waals surface area contributed by atoms with Crippen molar-refractivity contribution in [2.45, 2.75) is 25.2 Å². The molecule has 0 aliphatic carbocycles. The Bertz CT molecular complexity index is 375. The summed E-state index contributed by atoms with van der Waals surface area (Å²) in [7, 11) is 0. The third kappa shape index (κ3) is 4.26. The van der Waals surface area contributed by atoms with E-state index in [9.17, 15) is 13.2 Å². The molecule has 17 heavy (non-hydrogen) atoms. The van der Waals surface area contributed by atoms with Crippen LogP contribution in [0.1, 0.15) is 6.92 Å². The van der Waals surface area contributed by atoms with E-state index in [0.717, 1.165) is 0 Å². The zero-order chi connectivity index (χ0) is 13.2. The highest BCUT2D eigenvalue weighted by Crippen LogP contribution is 2.30. The summed E-state index contributed by atoms with van der Waals surface area (Å²) in [6.45, 7) is 1.21. The summed E-state index contributed by atoms with van der Waals surface area (Å²) in [4.78, 5) is 0. The highest BCUT2D eigenvalue weighted by molar-refractivity contribution is 6.34. The molecular formula is C10H10Cl2F3NO. The fourth-order valence-corrected chi connectivity index (χ4v) is 1.72. The number of rotatable bonds is 3. The van der Waals surface area contributed by atoms with E-state index in [0.29, 0.717) is 0 Å². The number of halogens is 5. The van der Waals surface area contributed by atoms with Crippen molar-refractivity contribution in [2.75, 3.05) is 0 Å². The van der Waals surface area contributed by atoms with E-state index in [1.807, 2.05) is 0 Å². The second kappa shape index (κ2) is 5.33. The molecule has 0 heterocycles. The van der Waals surface area contributed by atoms with Crippen LogP contribution in [0, 0.1) is 0 Å². The second-order valence-electron chi connectivity index (χ2n) is 3.54. The lowest BCUT2D eigenvalue weighted by Gasteiger charge is -2.24. The van der Waals surface area contributed by atoms with Crippen LogP contribution in [0.3, 0.4) is 0 Å². The molecular weight excluding hydrogens is 278 g/mol. The molecule has 0 saturated carbocycles. The lowest BCUT2D eigenvalue weighted by Crippen LogP contribution is -2.47. The first kappa shape index (κ1) is 14.4. The van der Waals surface area contributed by atoms with Gasteiger partial charge in [0.25, 0.3) is 0 Å². The first-order valence-corrected chi connectivity index (χ1v) is 5.41. The SMILES string of the molecule is CC(N)C(Oc1cc(Cl)cc(Cl)c1)C(F)(F)F. The second-order valence-corrected chi connectivity index (χ2v) is 4.42.